The summed E-state index contributed by atoms with van der Waals surface area (Å²) < 4.78 is 1.40. The first-order valence-corrected chi connectivity index (χ1v) is 7.15. The Bertz CT molecular complexity index is 636. The van der Waals surface area contributed by atoms with Crippen LogP contribution in [0.5, 0.6) is 0 Å². The number of carbonyl (C=O) groups is 2. The number of hydrogen-bond donors (Lipinski definition) is 3. The molecule has 0 aliphatic carbocycles. The van der Waals surface area contributed by atoms with Crippen molar-refractivity contribution in [1.29, 1.82) is 0 Å². The number of nitrogens with zero attached hydrogens (tertiary/aromatic N) is 3. The normalized spacial score (nSPS) is 10.5. The zero-order chi connectivity index (χ0) is 15.2. The van der Waals surface area contributed by atoms with Gasteiger partial charge < -0.3 is 16.2 Å². The molecule has 9 heteroatoms. The van der Waals surface area contributed by atoms with Crippen molar-refractivity contribution in [2.24, 2.45) is 5.73 Å². The summed E-state index contributed by atoms with van der Waals surface area (Å²) in [5.74, 6) is -0.905. The van der Waals surface area contributed by atoms with E-state index in [0.717, 1.165) is 0 Å². The summed E-state index contributed by atoms with van der Waals surface area (Å²) in [6.45, 7) is 0.0733. The Morgan fingerprint density at radius 2 is 2.29 bits per heavy atom. The van der Waals surface area contributed by atoms with Gasteiger partial charge in [-0.2, -0.15) is 0 Å². The van der Waals surface area contributed by atoms with E-state index in [1.54, 1.807) is 17.6 Å². The lowest BCUT2D eigenvalue weighted by Gasteiger charge is -2.04. The second-order valence-electron chi connectivity index (χ2n) is 4.31. The molecule has 112 valence electrons. The van der Waals surface area contributed by atoms with E-state index in [1.807, 2.05) is 0 Å². The molecule has 0 fully saturated rings. The number of aliphatic hydroxyl groups excluding tert-OH is 1. The van der Waals surface area contributed by atoms with Crippen LogP contribution in [0.15, 0.2) is 17.6 Å². The first kappa shape index (κ1) is 15.1. The standard InChI is InChI=1S/C12H15N5O3S/c13-11(20)9-3-5-21-12(9)14-10(19)7-17-6-8(15-16-17)2-1-4-18/h3,5-6,18H,1-2,4,7H2,(H2,13,20)(H,14,19). The summed E-state index contributed by atoms with van der Waals surface area (Å²) in [7, 11) is 0. The lowest BCUT2D eigenvalue weighted by Crippen LogP contribution is -2.21. The van der Waals surface area contributed by atoms with Crippen LogP contribution < -0.4 is 11.1 Å². The Labute approximate surface area is 124 Å². The molecule has 2 heterocycles. The van der Waals surface area contributed by atoms with Crippen molar-refractivity contribution >= 4 is 28.2 Å². The van der Waals surface area contributed by atoms with Gasteiger partial charge in [0.15, 0.2) is 0 Å². The molecule has 0 aliphatic rings. The van der Waals surface area contributed by atoms with Crippen LogP contribution >= 0.6 is 11.3 Å². The highest BCUT2D eigenvalue weighted by atomic mass is 32.1. The number of amides is 2. The van der Waals surface area contributed by atoms with Gasteiger partial charge in [-0.05, 0) is 24.3 Å². The summed E-state index contributed by atoms with van der Waals surface area (Å²) in [5, 5.41) is 21.2. The van der Waals surface area contributed by atoms with Crippen molar-refractivity contribution in [3.8, 4) is 0 Å². The molecule has 8 nitrogen and oxygen atoms in total. The van der Waals surface area contributed by atoms with Gasteiger partial charge in [0.1, 0.15) is 11.5 Å². The minimum absolute atomic E-state index is 0.0117. The smallest absolute Gasteiger partial charge is 0.251 e. The average Bonchev–Trinajstić information content (AvgIpc) is 3.05. The number of nitrogens with two attached hydrogens (primary N) is 1. The van der Waals surface area contributed by atoms with Crippen molar-refractivity contribution in [3.63, 3.8) is 0 Å². The van der Waals surface area contributed by atoms with E-state index < -0.39 is 5.91 Å². The molecule has 2 aromatic heterocycles. The molecule has 0 aromatic carbocycles. The summed E-state index contributed by atoms with van der Waals surface area (Å²) >= 11 is 1.23. The zero-order valence-electron chi connectivity index (χ0n) is 11.2. The fourth-order valence-electron chi connectivity index (χ4n) is 1.70. The van der Waals surface area contributed by atoms with Crippen LogP contribution in [0.2, 0.25) is 0 Å². The highest BCUT2D eigenvalue weighted by Gasteiger charge is 2.13. The third kappa shape index (κ3) is 4.10. The summed E-state index contributed by atoms with van der Waals surface area (Å²) in [6, 6.07) is 1.56. The molecule has 21 heavy (non-hydrogen) atoms. The Morgan fingerprint density at radius 3 is 3.00 bits per heavy atom. The van der Waals surface area contributed by atoms with E-state index in [-0.39, 0.29) is 24.6 Å². The minimum atomic E-state index is -0.585. The number of anilines is 1. The number of aromatic nitrogens is 3. The number of aliphatic hydroxyl groups is 1. The molecule has 2 rings (SSSR count). The molecule has 0 spiro atoms. The first-order valence-electron chi connectivity index (χ1n) is 6.27. The molecular weight excluding hydrogens is 294 g/mol. The van der Waals surface area contributed by atoms with E-state index in [4.69, 9.17) is 10.8 Å². The maximum absolute atomic E-state index is 11.9. The van der Waals surface area contributed by atoms with Crippen molar-refractivity contribution in [2.45, 2.75) is 19.4 Å². The molecule has 0 saturated heterocycles. The summed E-state index contributed by atoms with van der Waals surface area (Å²) in [5.41, 5.74) is 6.21. The van der Waals surface area contributed by atoms with Crippen molar-refractivity contribution in [1.82, 2.24) is 15.0 Å². The van der Waals surface area contributed by atoms with Gasteiger partial charge in [-0.1, -0.05) is 5.21 Å². The van der Waals surface area contributed by atoms with Crippen LogP contribution in [0.4, 0.5) is 5.00 Å². The summed E-state index contributed by atoms with van der Waals surface area (Å²) in [6.07, 6.45) is 2.86. The van der Waals surface area contributed by atoms with Gasteiger partial charge >= 0.3 is 0 Å². The van der Waals surface area contributed by atoms with Crippen LogP contribution in [0.1, 0.15) is 22.5 Å². The van der Waals surface area contributed by atoms with Crippen molar-refractivity contribution in [2.75, 3.05) is 11.9 Å². The molecule has 0 atom stereocenters. The molecular formula is C12H15N5O3S. The highest BCUT2D eigenvalue weighted by molar-refractivity contribution is 7.14. The molecule has 0 aliphatic heterocycles. The number of hydrogen-bond acceptors (Lipinski definition) is 6. The second kappa shape index (κ2) is 6.95. The lowest BCUT2D eigenvalue weighted by atomic mass is 10.3. The van der Waals surface area contributed by atoms with E-state index in [1.165, 1.54) is 16.0 Å². The molecule has 2 amide bonds. The highest BCUT2D eigenvalue weighted by Crippen LogP contribution is 2.22. The molecule has 0 unspecified atom stereocenters. The van der Waals surface area contributed by atoms with Gasteiger partial charge in [0.05, 0.1) is 11.3 Å². The van der Waals surface area contributed by atoms with Crippen LogP contribution in [0, 0.1) is 0 Å². The van der Waals surface area contributed by atoms with E-state index in [0.29, 0.717) is 23.5 Å². The quantitative estimate of drug-likeness (QED) is 0.664. The minimum Gasteiger partial charge on any atom is -0.396 e. The van der Waals surface area contributed by atoms with Crippen LogP contribution in [0.3, 0.4) is 0 Å². The van der Waals surface area contributed by atoms with E-state index in [2.05, 4.69) is 15.6 Å². The Kier molecular flexibility index (Phi) is 5.01. The number of carbonyl (C=O) groups excluding carboxylic acids is 2. The average molecular weight is 309 g/mol. The van der Waals surface area contributed by atoms with Crippen molar-refractivity contribution < 1.29 is 14.7 Å². The third-order valence-corrected chi connectivity index (χ3v) is 3.50. The van der Waals surface area contributed by atoms with Crippen LogP contribution in [-0.4, -0.2) is 38.5 Å². The maximum atomic E-state index is 11.9. The fourth-order valence-corrected chi connectivity index (χ4v) is 2.51. The van der Waals surface area contributed by atoms with Gasteiger partial charge in [0.2, 0.25) is 5.91 Å². The van der Waals surface area contributed by atoms with Gasteiger partial charge in [-0.3, -0.25) is 9.59 Å². The number of aryl methyl sites for hydroxylation is 1. The maximum Gasteiger partial charge on any atom is 0.251 e. The zero-order valence-corrected chi connectivity index (χ0v) is 12.0. The number of rotatable bonds is 7. The number of primary amides is 1. The first-order chi connectivity index (χ1) is 10.1. The van der Waals surface area contributed by atoms with Gasteiger partial charge in [0, 0.05) is 12.8 Å². The second-order valence-corrected chi connectivity index (χ2v) is 5.23. The third-order valence-electron chi connectivity index (χ3n) is 2.67. The van der Waals surface area contributed by atoms with Gasteiger partial charge in [-0.15, -0.1) is 16.4 Å². The van der Waals surface area contributed by atoms with Crippen molar-refractivity contribution in [3.05, 3.63) is 28.9 Å². The van der Waals surface area contributed by atoms with Crippen LogP contribution in [0.25, 0.3) is 0 Å². The van der Waals surface area contributed by atoms with Crippen LogP contribution in [-0.2, 0) is 17.8 Å². The van der Waals surface area contributed by atoms with E-state index >= 15 is 0 Å². The number of nitrogens with one attached hydrogen (secondary N) is 1. The Morgan fingerprint density at radius 1 is 1.48 bits per heavy atom. The lowest BCUT2D eigenvalue weighted by molar-refractivity contribution is -0.116. The number of thiophene rings is 1. The predicted octanol–water partition coefficient (Wildman–Crippen LogP) is 0.00210. The Balaban J connectivity index is 1.93. The topological polar surface area (TPSA) is 123 Å². The fraction of sp³-hybridized carbons (Fsp3) is 0.333. The van der Waals surface area contributed by atoms with Gasteiger partial charge in [-0.25, -0.2) is 4.68 Å². The molecule has 2 aromatic rings. The largest absolute Gasteiger partial charge is 0.396 e. The monoisotopic (exact) mass is 309 g/mol. The predicted molar refractivity (Wildman–Crippen MR) is 76.9 cm³/mol. The van der Waals surface area contributed by atoms with Gasteiger partial charge in [0.25, 0.3) is 5.91 Å². The molecule has 0 saturated carbocycles. The SMILES string of the molecule is NC(=O)c1ccsc1NC(=O)Cn1cc(CCCO)nn1. The molecule has 4 N–H and O–H groups in total. The summed E-state index contributed by atoms with van der Waals surface area (Å²) in [4.78, 5) is 23.0. The molecule has 0 bridgehead atoms. The Hall–Kier alpha value is -2.26. The molecule has 0 radical (unpaired) electrons. The van der Waals surface area contributed by atoms with E-state index in [9.17, 15) is 9.59 Å².